The number of benzene rings is 1. The first kappa shape index (κ1) is 18.8. The summed E-state index contributed by atoms with van der Waals surface area (Å²) >= 11 is 1.46. The van der Waals surface area contributed by atoms with E-state index in [-0.39, 0.29) is 5.56 Å². The third-order valence-electron chi connectivity index (χ3n) is 4.33. The second-order valence-electron chi connectivity index (χ2n) is 6.11. The number of H-pyrrole nitrogens is 1. The molecule has 1 aliphatic heterocycles. The number of nitrogens with one attached hydrogen (secondary N) is 1. The molecule has 0 saturated heterocycles. The molecule has 0 unspecified atom stereocenters. The van der Waals surface area contributed by atoms with Gasteiger partial charge in [0.25, 0.3) is 5.56 Å². The molecule has 1 aromatic heterocycles. The minimum Gasteiger partial charge on any atom is -0.490 e. The summed E-state index contributed by atoms with van der Waals surface area (Å²) in [5, 5.41) is 0.690. The SMILES string of the molecule is CCOc1ccc(CN2CCc3nc(SC)[nH]c(=O)c3C2)cc1OCC. The van der Waals surface area contributed by atoms with Gasteiger partial charge in [-0.1, -0.05) is 17.8 Å². The van der Waals surface area contributed by atoms with Gasteiger partial charge in [0.1, 0.15) is 0 Å². The average molecular weight is 375 g/mol. The Balaban J connectivity index is 1.76. The summed E-state index contributed by atoms with van der Waals surface area (Å²) in [5.41, 5.74) is 2.83. The first-order valence-electron chi connectivity index (χ1n) is 8.91. The van der Waals surface area contributed by atoms with Crippen LogP contribution in [0.15, 0.2) is 28.2 Å². The van der Waals surface area contributed by atoms with E-state index in [1.807, 2.05) is 32.2 Å². The van der Waals surface area contributed by atoms with Crippen LogP contribution >= 0.6 is 11.8 Å². The number of fused-ring (bicyclic) bond motifs is 1. The van der Waals surface area contributed by atoms with Gasteiger partial charge in [-0.05, 0) is 37.8 Å². The maximum absolute atomic E-state index is 12.3. The summed E-state index contributed by atoms with van der Waals surface area (Å²) in [6, 6.07) is 6.05. The van der Waals surface area contributed by atoms with Crippen LogP contribution in [0.4, 0.5) is 0 Å². The summed E-state index contributed by atoms with van der Waals surface area (Å²) in [6.45, 7) is 7.39. The van der Waals surface area contributed by atoms with Gasteiger partial charge in [0.2, 0.25) is 0 Å². The lowest BCUT2D eigenvalue weighted by molar-refractivity contribution is 0.239. The van der Waals surface area contributed by atoms with Crippen LogP contribution in [-0.2, 0) is 19.5 Å². The van der Waals surface area contributed by atoms with Crippen LogP contribution < -0.4 is 15.0 Å². The maximum atomic E-state index is 12.3. The van der Waals surface area contributed by atoms with E-state index in [1.165, 1.54) is 11.8 Å². The van der Waals surface area contributed by atoms with Crippen LogP contribution in [-0.4, -0.2) is 40.9 Å². The molecule has 3 rings (SSSR count). The zero-order chi connectivity index (χ0) is 18.5. The van der Waals surface area contributed by atoms with E-state index >= 15 is 0 Å². The van der Waals surface area contributed by atoms with Crippen molar-refractivity contribution in [3.8, 4) is 11.5 Å². The van der Waals surface area contributed by atoms with Gasteiger partial charge in [0.05, 0.1) is 24.5 Å². The number of hydrogen-bond donors (Lipinski definition) is 1. The summed E-state index contributed by atoms with van der Waals surface area (Å²) in [6.07, 6.45) is 2.71. The van der Waals surface area contributed by atoms with Crippen LogP contribution in [0.3, 0.4) is 0 Å². The van der Waals surface area contributed by atoms with Crippen molar-refractivity contribution in [1.82, 2.24) is 14.9 Å². The molecule has 0 atom stereocenters. The van der Waals surface area contributed by atoms with Gasteiger partial charge in [0.15, 0.2) is 16.7 Å². The van der Waals surface area contributed by atoms with E-state index in [2.05, 4.69) is 20.9 Å². The highest BCUT2D eigenvalue weighted by atomic mass is 32.2. The van der Waals surface area contributed by atoms with E-state index < -0.39 is 0 Å². The van der Waals surface area contributed by atoms with Gasteiger partial charge in [-0.3, -0.25) is 9.69 Å². The van der Waals surface area contributed by atoms with Gasteiger partial charge in [-0.25, -0.2) is 4.98 Å². The number of ether oxygens (including phenoxy) is 2. The van der Waals surface area contributed by atoms with E-state index in [0.717, 1.165) is 47.8 Å². The van der Waals surface area contributed by atoms with Crippen LogP contribution in [0.25, 0.3) is 0 Å². The lowest BCUT2D eigenvalue weighted by Crippen LogP contribution is -2.35. The molecule has 0 bridgehead atoms. The van der Waals surface area contributed by atoms with Crippen molar-refractivity contribution in [2.24, 2.45) is 0 Å². The molecule has 140 valence electrons. The second-order valence-corrected chi connectivity index (χ2v) is 6.90. The second kappa shape index (κ2) is 8.60. The van der Waals surface area contributed by atoms with Gasteiger partial charge < -0.3 is 14.5 Å². The standard InChI is InChI=1S/C19H25N3O3S/c1-4-24-16-7-6-13(10-17(16)25-5-2)11-22-9-8-15-14(12-22)18(23)21-19(20-15)26-3/h6-7,10H,4-5,8-9,11-12H2,1-3H3,(H,20,21,23). The molecule has 0 saturated carbocycles. The van der Waals surface area contributed by atoms with Crippen LogP contribution in [0.2, 0.25) is 0 Å². The normalized spacial score (nSPS) is 14.1. The van der Waals surface area contributed by atoms with Crippen molar-refractivity contribution in [1.29, 1.82) is 0 Å². The van der Waals surface area contributed by atoms with Crippen molar-refractivity contribution in [3.63, 3.8) is 0 Å². The first-order valence-corrected chi connectivity index (χ1v) is 10.1. The average Bonchev–Trinajstić information content (AvgIpc) is 2.64. The molecular weight excluding hydrogens is 350 g/mol. The molecule has 7 heteroatoms. The Kier molecular flexibility index (Phi) is 6.21. The Morgan fingerprint density at radius 2 is 2.00 bits per heavy atom. The van der Waals surface area contributed by atoms with Gasteiger partial charge in [-0.2, -0.15) is 0 Å². The minimum absolute atomic E-state index is 0.0225. The van der Waals surface area contributed by atoms with Crippen molar-refractivity contribution >= 4 is 11.8 Å². The van der Waals surface area contributed by atoms with Crippen molar-refractivity contribution < 1.29 is 9.47 Å². The monoisotopic (exact) mass is 375 g/mol. The van der Waals surface area contributed by atoms with Crippen LogP contribution in [0.1, 0.15) is 30.7 Å². The smallest absolute Gasteiger partial charge is 0.256 e. The van der Waals surface area contributed by atoms with E-state index in [4.69, 9.17) is 9.47 Å². The molecular formula is C19H25N3O3S. The van der Waals surface area contributed by atoms with Crippen LogP contribution in [0.5, 0.6) is 11.5 Å². The fourth-order valence-corrected chi connectivity index (χ4v) is 3.54. The Morgan fingerprint density at radius 3 is 2.73 bits per heavy atom. The third-order valence-corrected chi connectivity index (χ3v) is 4.91. The van der Waals surface area contributed by atoms with Crippen LogP contribution in [0, 0.1) is 0 Å². The van der Waals surface area contributed by atoms with E-state index in [9.17, 15) is 4.79 Å². The Morgan fingerprint density at radius 1 is 1.23 bits per heavy atom. The molecule has 0 amide bonds. The summed E-state index contributed by atoms with van der Waals surface area (Å²) in [4.78, 5) is 22.0. The zero-order valence-corrected chi connectivity index (χ0v) is 16.3. The summed E-state index contributed by atoms with van der Waals surface area (Å²) < 4.78 is 11.3. The minimum atomic E-state index is -0.0225. The number of nitrogens with zero attached hydrogens (tertiary/aromatic N) is 2. The summed E-state index contributed by atoms with van der Waals surface area (Å²) in [7, 11) is 0. The molecule has 0 radical (unpaired) electrons. The zero-order valence-electron chi connectivity index (χ0n) is 15.5. The largest absolute Gasteiger partial charge is 0.490 e. The molecule has 0 spiro atoms. The highest BCUT2D eigenvalue weighted by Crippen LogP contribution is 2.29. The van der Waals surface area contributed by atoms with Gasteiger partial charge in [-0.15, -0.1) is 0 Å². The number of aromatic nitrogens is 2. The van der Waals surface area contributed by atoms with Crippen molar-refractivity contribution in [2.45, 2.75) is 38.5 Å². The number of aromatic amines is 1. The number of rotatable bonds is 7. The van der Waals surface area contributed by atoms with E-state index in [1.54, 1.807) is 0 Å². The van der Waals surface area contributed by atoms with E-state index in [0.29, 0.717) is 24.9 Å². The van der Waals surface area contributed by atoms with Gasteiger partial charge >= 0.3 is 0 Å². The Bertz CT molecular complexity index is 822. The topological polar surface area (TPSA) is 67.5 Å². The number of thioether (sulfide) groups is 1. The molecule has 26 heavy (non-hydrogen) atoms. The fourth-order valence-electron chi connectivity index (χ4n) is 3.14. The predicted molar refractivity (Wildman–Crippen MR) is 103 cm³/mol. The quantitative estimate of drug-likeness (QED) is 0.593. The lowest BCUT2D eigenvalue weighted by atomic mass is 10.1. The van der Waals surface area contributed by atoms with Crippen molar-refractivity contribution in [3.05, 3.63) is 45.4 Å². The maximum Gasteiger partial charge on any atom is 0.256 e. The third kappa shape index (κ3) is 4.22. The molecule has 0 fully saturated rings. The highest BCUT2D eigenvalue weighted by molar-refractivity contribution is 7.98. The Labute approximate surface area is 157 Å². The summed E-state index contributed by atoms with van der Waals surface area (Å²) in [5.74, 6) is 1.54. The number of hydrogen-bond acceptors (Lipinski definition) is 6. The Hall–Kier alpha value is -1.99. The molecule has 2 aromatic rings. The van der Waals surface area contributed by atoms with Crippen molar-refractivity contribution in [2.75, 3.05) is 26.0 Å². The molecule has 0 aliphatic carbocycles. The lowest BCUT2D eigenvalue weighted by Gasteiger charge is -2.27. The molecule has 2 heterocycles. The molecule has 1 aromatic carbocycles. The fraction of sp³-hybridized carbons (Fsp3) is 0.474. The molecule has 1 N–H and O–H groups in total. The highest BCUT2D eigenvalue weighted by Gasteiger charge is 2.21. The molecule has 1 aliphatic rings. The predicted octanol–water partition coefficient (Wildman–Crippen LogP) is 2.85. The molecule has 6 nitrogen and oxygen atoms in total. The first-order chi connectivity index (χ1) is 12.6. The van der Waals surface area contributed by atoms with Gasteiger partial charge in [0, 0.05) is 26.1 Å².